The molecular weight excluding hydrogens is 402 g/mol. The number of aryl methyl sites for hydroxylation is 2. The third-order valence-electron chi connectivity index (χ3n) is 7.26. The molecular formula is C30H24N3+. The lowest BCUT2D eigenvalue weighted by atomic mass is 10.00. The van der Waals surface area contributed by atoms with E-state index in [1.165, 1.54) is 65.9 Å². The average molecular weight is 427 g/mol. The number of para-hydroxylation sites is 2. The molecule has 0 aliphatic carbocycles. The first-order valence-electron chi connectivity index (χ1n) is 11.4. The van der Waals surface area contributed by atoms with Crippen LogP contribution in [-0.2, 0) is 7.05 Å². The Hall–Kier alpha value is -4.11. The van der Waals surface area contributed by atoms with E-state index in [9.17, 15) is 0 Å². The van der Waals surface area contributed by atoms with Crippen LogP contribution in [-0.4, -0.2) is 11.4 Å². The molecule has 0 atom stereocenters. The van der Waals surface area contributed by atoms with Crippen molar-refractivity contribution in [3.05, 3.63) is 96.7 Å². The van der Waals surface area contributed by atoms with Gasteiger partial charge in [-0.1, -0.05) is 54.6 Å². The van der Waals surface area contributed by atoms with Crippen molar-refractivity contribution in [2.45, 2.75) is 6.92 Å². The van der Waals surface area contributed by atoms with Gasteiger partial charge in [0.2, 0.25) is 5.52 Å². The number of rotatable bonds is 2. The van der Waals surface area contributed by atoms with E-state index in [-0.39, 0.29) is 0 Å². The summed E-state index contributed by atoms with van der Waals surface area (Å²) in [5.74, 6) is 0. The topological polar surface area (TPSA) is 11.5 Å². The maximum atomic E-state index is 2.51. The standard InChI is InChI=1S/C30H24N3/c1-19-15-16-23-22-12-8-14-25(32(3)21-10-5-4-6-11-21)28(22)33-24-13-7-9-20-17-18-31(2)30(27(20)24)26(19)29(23)33/h4-18H,1-3H3/q+1. The highest BCUT2D eigenvalue weighted by Crippen LogP contribution is 2.43. The van der Waals surface area contributed by atoms with Gasteiger partial charge in [0, 0.05) is 29.6 Å². The van der Waals surface area contributed by atoms with Crippen LogP contribution in [0.4, 0.5) is 11.4 Å². The average Bonchev–Trinajstić information content (AvgIpc) is 3.19. The Balaban J connectivity index is 1.79. The molecule has 0 spiro atoms. The quantitative estimate of drug-likeness (QED) is 0.166. The predicted molar refractivity (Wildman–Crippen MR) is 139 cm³/mol. The van der Waals surface area contributed by atoms with Gasteiger partial charge in [0.1, 0.15) is 7.05 Å². The van der Waals surface area contributed by atoms with E-state index in [1.54, 1.807) is 0 Å². The highest BCUT2D eigenvalue weighted by Gasteiger charge is 2.25. The fourth-order valence-corrected chi connectivity index (χ4v) is 5.72. The van der Waals surface area contributed by atoms with Gasteiger partial charge >= 0.3 is 0 Å². The van der Waals surface area contributed by atoms with E-state index in [2.05, 4.69) is 126 Å². The fraction of sp³-hybridized carbons (Fsp3) is 0.100. The number of hydrogen-bond donors (Lipinski definition) is 0. The van der Waals surface area contributed by atoms with Crippen molar-refractivity contribution in [3.63, 3.8) is 0 Å². The van der Waals surface area contributed by atoms with Crippen LogP contribution in [0.25, 0.3) is 49.0 Å². The van der Waals surface area contributed by atoms with Crippen LogP contribution < -0.4 is 9.47 Å². The zero-order valence-corrected chi connectivity index (χ0v) is 19.0. The normalized spacial score (nSPS) is 12.1. The summed E-state index contributed by atoms with van der Waals surface area (Å²) < 4.78 is 4.79. The maximum Gasteiger partial charge on any atom is 0.224 e. The Morgan fingerprint density at radius 1 is 0.727 bits per heavy atom. The third-order valence-corrected chi connectivity index (χ3v) is 7.26. The van der Waals surface area contributed by atoms with Gasteiger partial charge < -0.3 is 9.30 Å². The molecule has 3 heterocycles. The second kappa shape index (κ2) is 6.46. The van der Waals surface area contributed by atoms with Crippen LogP contribution in [0.1, 0.15) is 5.56 Å². The monoisotopic (exact) mass is 426 g/mol. The van der Waals surface area contributed by atoms with Gasteiger partial charge in [0.05, 0.1) is 33.0 Å². The van der Waals surface area contributed by atoms with Crippen molar-refractivity contribution < 1.29 is 4.57 Å². The number of pyridine rings is 2. The molecule has 3 nitrogen and oxygen atoms in total. The second-order valence-electron chi connectivity index (χ2n) is 9.07. The maximum absolute atomic E-state index is 2.51. The number of nitrogens with zero attached hydrogens (tertiary/aromatic N) is 3. The molecule has 33 heavy (non-hydrogen) atoms. The smallest absolute Gasteiger partial charge is 0.224 e. The summed E-state index contributed by atoms with van der Waals surface area (Å²) >= 11 is 0. The molecule has 0 amide bonds. The number of benzene rings is 4. The van der Waals surface area contributed by atoms with E-state index >= 15 is 0 Å². The molecule has 7 aromatic rings. The SMILES string of the molecule is Cc1ccc2c3cccc(N(C)c4ccccc4)c3n3c4cccc5cc[n+](C)c(c1c23)c54. The first kappa shape index (κ1) is 18.5. The first-order valence-corrected chi connectivity index (χ1v) is 11.4. The van der Waals surface area contributed by atoms with Crippen molar-refractivity contribution in [2.75, 3.05) is 11.9 Å². The zero-order valence-electron chi connectivity index (χ0n) is 19.0. The summed E-state index contributed by atoms with van der Waals surface area (Å²) in [5.41, 5.74) is 8.82. The molecule has 0 unspecified atom stereocenters. The molecule has 0 N–H and O–H groups in total. The summed E-state index contributed by atoms with van der Waals surface area (Å²) in [6, 6.07) is 30.8. The van der Waals surface area contributed by atoms with E-state index < -0.39 is 0 Å². The van der Waals surface area contributed by atoms with Crippen LogP contribution in [0.3, 0.4) is 0 Å². The van der Waals surface area contributed by atoms with Crippen molar-refractivity contribution in [1.29, 1.82) is 0 Å². The Bertz CT molecular complexity index is 1840. The van der Waals surface area contributed by atoms with Gasteiger partial charge in [0.25, 0.3) is 0 Å². The van der Waals surface area contributed by atoms with Gasteiger partial charge in [-0.2, -0.15) is 0 Å². The van der Waals surface area contributed by atoms with E-state index in [1.807, 2.05) is 0 Å². The molecule has 0 fully saturated rings. The van der Waals surface area contributed by atoms with E-state index in [0.717, 1.165) is 0 Å². The van der Waals surface area contributed by atoms with Crippen LogP contribution in [0.15, 0.2) is 91.1 Å². The molecule has 3 heteroatoms. The lowest BCUT2D eigenvalue weighted by molar-refractivity contribution is -0.643. The number of anilines is 2. The number of fused-ring (bicyclic) bond motifs is 5. The summed E-state index contributed by atoms with van der Waals surface area (Å²) in [6.45, 7) is 2.24. The molecule has 7 rings (SSSR count). The molecule has 0 aliphatic rings. The summed E-state index contributed by atoms with van der Waals surface area (Å²) in [4.78, 5) is 2.30. The fourth-order valence-electron chi connectivity index (χ4n) is 5.72. The highest BCUT2D eigenvalue weighted by atomic mass is 15.1. The van der Waals surface area contributed by atoms with Gasteiger partial charge in [-0.3, -0.25) is 0 Å². The summed E-state index contributed by atoms with van der Waals surface area (Å²) in [7, 11) is 4.33. The van der Waals surface area contributed by atoms with Crippen molar-refractivity contribution in [1.82, 2.24) is 4.40 Å². The molecule has 4 aromatic carbocycles. The largest absolute Gasteiger partial charge is 0.343 e. The Labute approximate surface area is 192 Å². The van der Waals surface area contributed by atoms with Gasteiger partial charge in [-0.25, -0.2) is 4.57 Å². The van der Waals surface area contributed by atoms with Crippen molar-refractivity contribution >= 4 is 60.4 Å². The molecule has 3 aromatic heterocycles. The molecule has 0 radical (unpaired) electrons. The molecule has 0 saturated carbocycles. The zero-order chi connectivity index (χ0) is 22.3. The summed E-state index contributed by atoms with van der Waals surface area (Å²) in [5, 5.41) is 6.53. The predicted octanol–water partition coefficient (Wildman–Crippen LogP) is 6.89. The number of hydrogen-bond acceptors (Lipinski definition) is 1. The minimum Gasteiger partial charge on any atom is -0.343 e. The van der Waals surface area contributed by atoms with E-state index in [0.29, 0.717) is 0 Å². The lowest BCUT2D eigenvalue weighted by Gasteiger charge is -2.21. The van der Waals surface area contributed by atoms with Gasteiger partial charge in [-0.15, -0.1) is 0 Å². The van der Waals surface area contributed by atoms with Crippen molar-refractivity contribution in [3.8, 4) is 0 Å². The van der Waals surface area contributed by atoms with Gasteiger partial charge in [0.15, 0.2) is 6.20 Å². The van der Waals surface area contributed by atoms with Crippen LogP contribution >= 0.6 is 0 Å². The van der Waals surface area contributed by atoms with E-state index in [4.69, 9.17) is 0 Å². The minimum atomic E-state index is 1.18. The molecule has 0 bridgehead atoms. The number of aromatic nitrogens is 2. The second-order valence-corrected chi connectivity index (χ2v) is 9.07. The van der Waals surface area contributed by atoms with Crippen LogP contribution in [0, 0.1) is 6.92 Å². The summed E-state index contributed by atoms with van der Waals surface area (Å²) in [6.07, 6.45) is 2.19. The Morgan fingerprint density at radius 2 is 1.52 bits per heavy atom. The highest BCUT2D eigenvalue weighted by molar-refractivity contribution is 6.27. The third kappa shape index (κ3) is 2.31. The minimum absolute atomic E-state index is 1.18. The lowest BCUT2D eigenvalue weighted by Crippen LogP contribution is -2.28. The van der Waals surface area contributed by atoms with Crippen LogP contribution in [0.2, 0.25) is 0 Å². The molecule has 0 saturated heterocycles. The van der Waals surface area contributed by atoms with Gasteiger partial charge in [-0.05, 0) is 42.1 Å². The Kier molecular flexibility index (Phi) is 3.61. The first-order chi connectivity index (χ1) is 16.1. The van der Waals surface area contributed by atoms with Crippen molar-refractivity contribution in [2.24, 2.45) is 7.05 Å². The van der Waals surface area contributed by atoms with Crippen LogP contribution in [0.5, 0.6) is 0 Å². The Morgan fingerprint density at radius 3 is 2.36 bits per heavy atom. The molecule has 0 aliphatic heterocycles. The molecule has 158 valence electrons.